The summed E-state index contributed by atoms with van der Waals surface area (Å²) < 4.78 is 18.2. The average molecular weight is 535 g/mol. The zero-order chi connectivity index (χ0) is 27.4. The second-order valence-corrected chi connectivity index (χ2v) is 10.9. The number of anilines is 1. The molecular formula is C31H35FN2O5. The third-order valence-electron chi connectivity index (χ3n) is 8.34. The summed E-state index contributed by atoms with van der Waals surface area (Å²) in [5.41, 5.74) is 0.877. The Hall–Kier alpha value is -3.39. The maximum absolute atomic E-state index is 13.7. The third kappa shape index (κ3) is 6.11. The number of benzene rings is 2. The van der Waals surface area contributed by atoms with Crippen LogP contribution in [0.4, 0.5) is 10.1 Å². The molecule has 3 aliphatic rings. The highest BCUT2D eigenvalue weighted by Crippen LogP contribution is 2.36. The smallest absolute Gasteiger partial charge is 0.338 e. The van der Waals surface area contributed by atoms with Gasteiger partial charge >= 0.3 is 5.97 Å². The average Bonchev–Trinajstić information content (AvgIpc) is 3.26. The molecule has 2 saturated carbocycles. The minimum Gasteiger partial charge on any atom is -0.454 e. The molecule has 0 spiro atoms. The second kappa shape index (κ2) is 12.2. The molecule has 2 amide bonds. The predicted molar refractivity (Wildman–Crippen MR) is 144 cm³/mol. The number of carbonyl (C=O) groups is 4. The number of halogens is 1. The highest BCUT2D eigenvalue weighted by Gasteiger charge is 2.47. The number of nitrogens with zero attached hydrogens (tertiary/aromatic N) is 2. The van der Waals surface area contributed by atoms with Crippen molar-refractivity contribution in [2.24, 2.45) is 0 Å². The Morgan fingerprint density at radius 2 is 1.33 bits per heavy atom. The van der Waals surface area contributed by atoms with Crippen molar-refractivity contribution in [3.63, 3.8) is 0 Å². The molecule has 1 saturated heterocycles. The predicted octanol–water partition coefficient (Wildman–Crippen LogP) is 5.46. The number of ether oxygens (including phenoxy) is 1. The summed E-state index contributed by atoms with van der Waals surface area (Å²) in [7, 11) is 0. The van der Waals surface area contributed by atoms with Crippen molar-refractivity contribution in [3.05, 3.63) is 65.5 Å². The number of imide groups is 1. The molecule has 7 nitrogen and oxygen atoms in total. The molecule has 1 atom stereocenters. The Kier molecular flexibility index (Phi) is 8.50. The van der Waals surface area contributed by atoms with Crippen molar-refractivity contribution in [2.45, 2.75) is 88.8 Å². The number of rotatable bonds is 8. The van der Waals surface area contributed by atoms with Crippen molar-refractivity contribution in [2.75, 3.05) is 11.5 Å². The number of carbonyl (C=O) groups excluding carboxylic acids is 4. The Bertz CT molecular complexity index is 1180. The van der Waals surface area contributed by atoms with Gasteiger partial charge in [0.15, 0.2) is 12.4 Å². The van der Waals surface area contributed by atoms with Crippen molar-refractivity contribution >= 4 is 29.3 Å². The topological polar surface area (TPSA) is 84.0 Å². The first-order valence-electron chi connectivity index (χ1n) is 14.1. The lowest BCUT2D eigenvalue weighted by Crippen LogP contribution is -2.53. The van der Waals surface area contributed by atoms with Gasteiger partial charge in [-0.3, -0.25) is 19.3 Å². The van der Waals surface area contributed by atoms with E-state index in [9.17, 15) is 23.6 Å². The molecule has 0 N–H and O–H groups in total. The quantitative estimate of drug-likeness (QED) is 0.254. The highest BCUT2D eigenvalue weighted by molar-refractivity contribution is 6.22. The largest absolute Gasteiger partial charge is 0.454 e. The van der Waals surface area contributed by atoms with Crippen LogP contribution in [0.3, 0.4) is 0 Å². The SMILES string of the molecule is O=C(COC(=O)c1ccc(N2C(=O)CC(N(C3CCCCC3)C3CCCCC3)C2=O)cc1)c1ccc(F)cc1. The van der Waals surface area contributed by atoms with E-state index < -0.39 is 30.2 Å². The highest BCUT2D eigenvalue weighted by atomic mass is 19.1. The summed E-state index contributed by atoms with van der Waals surface area (Å²) in [5, 5.41) is 0. The van der Waals surface area contributed by atoms with E-state index in [0.717, 1.165) is 25.7 Å². The molecule has 2 aromatic carbocycles. The fourth-order valence-electron chi connectivity index (χ4n) is 6.37. The van der Waals surface area contributed by atoms with Gasteiger partial charge in [-0.05, 0) is 74.2 Å². The van der Waals surface area contributed by atoms with Gasteiger partial charge in [-0.2, -0.15) is 0 Å². The lowest BCUT2D eigenvalue weighted by atomic mass is 9.87. The third-order valence-corrected chi connectivity index (χ3v) is 8.34. The lowest BCUT2D eigenvalue weighted by molar-refractivity contribution is -0.124. The lowest BCUT2D eigenvalue weighted by Gasteiger charge is -2.44. The molecule has 1 unspecified atom stereocenters. The van der Waals surface area contributed by atoms with Gasteiger partial charge < -0.3 is 4.74 Å². The van der Waals surface area contributed by atoms with E-state index in [-0.39, 0.29) is 29.4 Å². The van der Waals surface area contributed by atoms with Gasteiger partial charge in [0.1, 0.15) is 5.82 Å². The van der Waals surface area contributed by atoms with E-state index in [1.54, 1.807) is 12.1 Å². The molecule has 0 aromatic heterocycles. The molecule has 8 heteroatoms. The van der Waals surface area contributed by atoms with Gasteiger partial charge in [0, 0.05) is 17.6 Å². The summed E-state index contributed by atoms with van der Waals surface area (Å²) in [5.74, 6) is -2.01. The van der Waals surface area contributed by atoms with Crippen molar-refractivity contribution in [1.82, 2.24) is 4.90 Å². The minimum atomic E-state index is -0.699. The van der Waals surface area contributed by atoms with Crippen molar-refractivity contribution < 1.29 is 28.3 Å². The van der Waals surface area contributed by atoms with Crippen LogP contribution < -0.4 is 4.90 Å². The van der Waals surface area contributed by atoms with E-state index in [0.29, 0.717) is 17.8 Å². The van der Waals surface area contributed by atoms with Gasteiger partial charge in [0.2, 0.25) is 5.91 Å². The van der Waals surface area contributed by atoms with Gasteiger partial charge in [-0.15, -0.1) is 0 Å². The summed E-state index contributed by atoms with van der Waals surface area (Å²) in [6.45, 7) is -0.477. The van der Waals surface area contributed by atoms with Gasteiger partial charge in [0.25, 0.3) is 5.91 Å². The Morgan fingerprint density at radius 1 is 0.795 bits per heavy atom. The van der Waals surface area contributed by atoms with Crippen LogP contribution in [0.25, 0.3) is 0 Å². The van der Waals surface area contributed by atoms with E-state index in [4.69, 9.17) is 4.74 Å². The molecule has 206 valence electrons. The summed E-state index contributed by atoms with van der Waals surface area (Å²) >= 11 is 0. The molecule has 0 bridgehead atoms. The van der Waals surface area contributed by atoms with Crippen LogP contribution in [-0.4, -0.2) is 53.2 Å². The monoisotopic (exact) mass is 534 g/mol. The van der Waals surface area contributed by atoms with Crippen molar-refractivity contribution in [1.29, 1.82) is 0 Å². The molecule has 0 radical (unpaired) electrons. The number of hydrogen-bond acceptors (Lipinski definition) is 6. The van der Waals surface area contributed by atoms with Crippen LogP contribution in [0.15, 0.2) is 48.5 Å². The number of hydrogen-bond donors (Lipinski definition) is 0. The Morgan fingerprint density at radius 3 is 1.90 bits per heavy atom. The molecular weight excluding hydrogens is 499 g/mol. The molecule has 3 fully saturated rings. The number of Topliss-reactive ketones (excluding diaryl/α,β-unsaturated/α-hetero) is 1. The normalized spacial score (nSPS) is 21.0. The first kappa shape index (κ1) is 27.2. The fraction of sp³-hybridized carbons (Fsp3) is 0.484. The maximum Gasteiger partial charge on any atom is 0.338 e. The summed E-state index contributed by atoms with van der Waals surface area (Å²) in [4.78, 5) is 55.2. The van der Waals surface area contributed by atoms with Crippen LogP contribution in [0.1, 0.15) is 91.3 Å². The van der Waals surface area contributed by atoms with Crippen LogP contribution in [0.2, 0.25) is 0 Å². The zero-order valence-corrected chi connectivity index (χ0v) is 22.1. The van der Waals surface area contributed by atoms with Crippen LogP contribution >= 0.6 is 0 Å². The van der Waals surface area contributed by atoms with Crippen LogP contribution in [0, 0.1) is 5.82 Å². The van der Waals surface area contributed by atoms with Crippen molar-refractivity contribution in [3.8, 4) is 0 Å². The number of esters is 1. The van der Waals surface area contributed by atoms with E-state index >= 15 is 0 Å². The molecule has 1 aliphatic heterocycles. The van der Waals surface area contributed by atoms with E-state index in [1.165, 1.54) is 79.8 Å². The maximum atomic E-state index is 13.7. The molecule has 5 rings (SSSR count). The minimum absolute atomic E-state index is 0.182. The van der Waals surface area contributed by atoms with Crippen LogP contribution in [-0.2, 0) is 14.3 Å². The number of ketones is 1. The fourth-order valence-corrected chi connectivity index (χ4v) is 6.37. The molecule has 2 aromatic rings. The van der Waals surface area contributed by atoms with E-state index in [1.807, 2.05) is 0 Å². The second-order valence-electron chi connectivity index (χ2n) is 10.9. The molecule has 39 heavy (non-hydrogen) atoms. The summed E-state index contributed by atoms with van der Waals surface area (Å²) in [6, 6.07) is 11.4. The van der Waals surface area contributed by atoms with Crippen LogP contribution in [0.5, 0.6) is 0 Å². The number of amides is 2. The summed E-state index contributed by atoms with van der Waals surface area (Å²) in [6.07, 6.45) is 11.6. The molecule has 2 aliphatic carbocycles. The Balaban J connectivity index is 1.25. The first-order chi connectivity index (χ1) is 18.9. The van der Waals surface area contributed by atoms with Gasteiger partial charge in [-0.1, -0.05) is 38.5 Å². The zero-order valence-electron chi connectivity index (χ0n) is 22.1. The molecule has 1 heterocycles. The first-order valence-corrected chi connectivity index (χ1v) is 14.1. The van der Waals surface area contributed by atoms with Gasteiger partial charge in [-0.25, -0.2) is 14.1 Å². The Labute approximate surface area is 228 Å². The van der Waals surface area contributed by atoms with Gasteiger partial charge in [0.05, 0.1) is 23.7 Å². The standard InChI is InChI=1S/C31H35FN2O5/c32-23-15-11-21(12-16-23)28(35)20-39-31(38)22-13-17-26(18-14-22)34-29(36)19-27(30(34)37)33(24-7-3-1-4-8-24)25-9-5-2-6-10-25/h11-18,24-25,27H,1-10,19-20H2. The van der Waals surface area contributed by atoms with E-state index in [2.05, 4.69) is 4.90 Å².